The lowest BCUT2D eigenvalue weighted by molar-refractivity contribution is -0.143. The average molecular weight is 359 g/mol. The van der Waals surface area contributed by atoms with E-state index < -0.39 is 11.9 Å². The van der Waals surface area contributed by atoms with Crippen LogP contribution in [0.3, 0.4) is 0 Å². The Labute approximate surface area is 148 Å². The Morgan fingerprint density at radius 1 is 1.28 bits per heavy atom. The van der Waals surface area contributed by atoms with Crippen molar-refractivity contribution in [3.63, 3.8) is 0 Å². The number of ether oxygens (including phenoxy) is 1. The number of para-hydroxylation sites is 1. The number of aromatic amines is 1. The zero-order valence-corrected chi connectivity index (χ0v) is 14.2. The molecule has 2 aromatic carbocycles. The van der Waals surface area contributed by atoms with Gasteiger partial charge in [0.1, 0.15) is 11.9 Å². The van der Waals surface area contributed by atoms with Gasteiger partial charge in [-0.3, -0.25) is 10.1 Å². The van der Waals surface area contributed by atoms with Crippen LogP contribution < -0.4 is 5.32 Å². The number of nitrogens with one attached hydrogen (secondary N) is 2. The van der Waals surface area contributed by atoms with Gasteiger partial charge in [-0.05, 0) is 29.3 Å². The minimum atomic E-state index is -0.497. The summed E-state index contributed by atoms with van der Waals surface area (Å²) in [5.74, 6) is -0.731. The molecule has 2 unspecified atom stereocenters. The molecule has 6 heteroatoms. The summed E-state index contributed by atoms with van der Waals surface area (Å²) in [7, 11) is 1.37. The van der Waals surface area contributed by atoms with E-state index in [0.717, 1.165) is 22.2 Å². The summed E-state index contributed by atoms with van der Waals surface area (Å²) < 4.78 is 18.4. The molecule has 0 bridgehead atoms. The maximum Gasteiger partial charge on any atom is 0.323 e. The number of methoxy groups -OCH3 is 1. The number of H-pyrrole nitrogens is 1. The Bertz CT molecular complexity index is 969. The Morgan fingerprint density at radius 2 is 2.08 bits per heavy atom. The smallest absolute Gasteiger partial charge is 0.323 e. The van der Waals surface area contributed by atoms with E-state index in [4.69, 9.17) is 16.3 Å². The van der Waals surface area contributed by atoms with Crippen molar-refractivity contribution < 1.29 is 13.9 Å². The van der Waals surface area contributed by atoms with Crippen molar-refractivity contribution in [2.45, 2.75) is 18.5 Å². The molecular weight excluding hydrogens is 343 g/mol. The fourth-order valence-electron chi connectivity index (χ4n) is 3.51. The van der Waals surface area contributed by atoms with E-state index in [1.165, 1.54) is 19.2 Å². The quantitative estimate of drug-likeness (QED) is 0.686. The van der Waals surface area contributed by atoms with E-state index in [-0.39, 0.29) is 12.0 Å². The molecule has 0 saturated heterocycles. The van der Waals surface area contributed by atoms with Crippen LogP contribution in [-0.4, -0.2) is 24.1 Å². The molecule has 25 heavy (non-hydrogen) atoms. The second-order valence-corrected chi connectivity index (χ2v) is 6.52. The lowest BCUT2D eigenvalue weighted by Crippen LogP contribution is -2.45. The number of benzene rings is 2. The van der Waals surface area contributed by atoms with Crippen LogP contribution in [-0.2, 0) is 16.0 Å². The third-order valence-corrected chi connectivity index (χ3v) is 5.00. The van der Waals surface area contributed by atoms with Crippen molar-refractivity contribution >= 4 is 28.5 Å². The first-order valence-corrected chi connectivity index (χ1v) is 8.34. The number of esters is 1. The van der Waals surface area contributed by atoms with Crippen molar-refractivity contribution in [3.05, 3.63) is 70.1 Å². The standard InChI is InChI=1S/C19H16ClFN2O2/c1-25-19(24)16-9-13-11-4-2-3-5-15(11)22-18(13)17(23-16)12-7-6-10(21)8-14(12)20/h2-8,16-17,22-23H,9H2,1H3. The van der Waals surface area contributed by atoms with E-state index >= 15 is 0 Å². The van der Waals surface area contributed by atoms with E-state index in [2.05, 4.69) is 10.3 Å². The summed E-state index contributed by atoms with van der Waals surface area (Å²) in [6, 6.07) is 11.4. The van der Waals surface area contributed by atoms with E-state index in [1.807, 2.05) is 24.3 Å². The Balaban J connectivity index is 1.90. The van der Waals surface area contributed by atoms with Crippen molar-refractivity contribution in [2.75, 3.05) is 7.11 Å². The summed E-state index contributed by atoms with van der Waals surface area (Å²) in [6.45, 7) is 0. The van der Waals surface area contributed by atoms with Gasteiger partial charge in [-0.25, -0.2) is 4.39 Å². The molecule has 2 atom stereocenters. The van der Waals surface area contributed by atoms with Gasteiger partial charge in [0.05, 0.1) is 13.2 Å². The molecule has 0 saturated carbocycles. The Morgan fingerprint density at radius 3 is 2.84 bits per heavy atom. The minimum Gasteiger partial charge on any atom is -0.468 e. The van der Waals surface area contributed by atoms with Gasteiger partial charge in [0.2, 0.25) is 0 Å². The molecule has 0 fully saturated rings. The highest BCUT2D eigenvalue weighted by molar-refractivity contribution is 6.31. The topological polar surface area (TPSA) is 54.1 Å². The Hall–Kier alpha value is -2.37. The fraction of sp³-hybridized carbons (Fsp3) is 0.211. The maximum atomic E-state index is 13.5. The normalized spacial score (nSPS) is 19.6. The summed E-state index contributed by atoms with van der Waals surface area (Å²) in [6.07, 6.45) is 0.515. The lowest BCUT2D eigenvalue weighted by Gasteiger charge is -2.30. The first-order chi connectivity index (χ1) is 12.1. The largest absolute Gasteiger partial charge is 0.468 e. The molecule has 2 heterocycles. The highest BCUT2D eigenvalue weighted by Gasteiger charge is 2.35. The predicted octanol–water partition coefficient (Wildman–Crippen LogP) is 3.74. The summed E-state index contributed by atoms with van der Waals surface area (Å²) in [5, 5.41) is 4.66. The number of carbonyl (C=O) groups excluding carboxylic acids is 1. The molecule has 128 valence electrons. The molecule has 1 aliphatic heterocycles. The number of hydrogen-bond donors (Lipinski definition) is 2. The molecule has 0 amide bonds. The van der Waals surface area contributed by atoms with Crippen LogP contribution in [0.2, 0.25) is 5.02 Å². The molecule has 4 rings (SSSR count). The molecule has 1 aromatic heterocycles. The van der Waals surface area contributed by atoms with E-state index in [9.17, 15) is 9.18 Å². The number of halogens is 2. The number of aromatic nitrogens is 1. The highest BCUT2D eigenvalue weighted by atomic mass is 35.5. The van der Waals surface area contributed by atoms with E-state index in [0.29, 0.717) is 17.0 Å². The predicted molar refractivity (Wildman–Crippen MR) is 94.2 cm³/mol. The number of rotatable bonds is 2. The minimum absolute atomic E-state index is 0.313. The average Bonchev–Trinajstić information content (AvgIpc) is 2.99. The van der Waals surface area contributed by atoms with Gasteiger partial charge in [-0.1, -0.05) is 35.9 Å². The number of fused-ring (bicyclic) bond motifs is 3. The molecular formula is C19H16ClFN2O2. The molecule has 0 aliphatic carbocycles. The van der Waals surface area contributed by atoms with Gasteiger partial charge in [-0.15, -0.1) is 0 Å². The van der Waals surface area contributed by atoms with Crippen molar-refractivity contribution in [3.8, 4) is 0 Å². The SMILES string of the molecule is COC(=O)C1Cc2c([nH]c3ccccc23)C(c2ccc(F)cc2Cl)N1. The van der Waals surface area contributed by atoms with Crippen molar-refractivity contribution in [1.29, 1.82) is 0 Å². The molecule has 0 radical (unpaired) electrons. The van der Waals surface area contributed by atoms with Crippen LogP contribution in [0, 0.1) is 5.82 Å². The second-order valence-electron chi connectivity index (χ2n) is 6.11. The number of carbonyl (C=O) groups is 1. The van der Waals surface area contributed by atoms with Gasteiger partial charge in [-0.2, -0.15) is 0 Å². The van der Waals surface area contributed by atoms with Crippen LogP contribution in [0.4, 0.5) is 4.39 Å². The molecule has 4 nitrogen and oxygen atoms in total. The van der Waals surface area contributed by atoms with Gasteiger partial charge in [0.15, 0.2) is 0 Å². The van der Waals surface area contributed by atoms with Gasteiger partial charge < -0.3 is 9.72 Å². The zero-order valence-electron chi connectivity index (χ0n) is 13.5. The molecule has 0 spiro atoms. The first-order valence-electron chi connectivity index (χ1n) is 7.97. The summed E-state index contributed by atoms with van der Waals surface area (Å²) in [4.78, 5) is 15.6. The maximum absolute atomic E-state index is 13.5. The third-order valence-electron chi connectivity index (χ3n) is 4.67. The fourth-order valence-corrected chi connectivity index (χ4v) is 3.79. The van der Waals surface area contributed by atoms with Crippen LogP contribution in [0.1, 0.15) is 22.9 Å². The van der Waals surface area contributed by atoms with Gasteiger partial charge in [0, 0.05) is 28.0 Å². The van der Waals surface area contributed by atoms with Crippen LogP contribution >= 0.6 is 11.6 Å². The van der Waals surface area contributed by atoms with Gasteiger partial charge >= 0.3 is 5.97 Å². The second kappa shape index (κ2) is 6.17. The zero-order chi connectivity index (χ0) is 17.6. The summed E-state index contributed by atoms with van der Waals surface area (Å²) in [5.41, 5.74) is 3.69. The highest BCUT2D eigenvalue weighted by Crippen LogP contribution is 2.37. The summed E-state index contributed by atoms with van der Waals surface area (Å²) >= 11 is 6.28. The number of hydrogen-bond acceptors (Lipinski definition) is 3. The third kappa shape index (κ3) is 2.69. The van der Waals surface area contributed by atoms with Crippen LogP contribution in [0.25, 0.3) is 10.9 Å². The lowest BCUT2D eigenvalue weighted by atomic mass is 9.90. The van der Waals surface area contributed by atoms with Crippen molar-refractivity contribution in [1.82, 2.24) is 10.3 Å². The molecule has 1 aliphatic rings. The monoisotopic (exact) mass is 358 g/mol. The van der Waals surface area contributed by atoms with Crippen molar-refractivity contribution in [2.24, 2.45) is 0 Å². The van der Waals surface area contributed by atoms with Gasteiger partial charge in [0.25, 0.3) is 0 Å². The van der Waals surface area contributed by atoms with Crippen LogP contribution in [0.5, 0.6) is 0 Å². The Kier molecular flexibility index (Phi) is 3.98. The van der Waals surface area contributed by atoms with Crippen LogP contribution in [0.15, 0.2) is 42.5 Å². The molecule has 3 aromatic rings. The molecule has 2 N–H and O–H groups in total. The first kappa shape index (κ1) is 16.1. The van der Waals surface area contributed by atoms with E-state index in [1.54, 1.807) is 6.07 Å².